The second-order valence-corrected chi connectivity index (χ2v) is 7.18. The smallest absolute Gasteiger partial charge is 0.255 e. The number of rotatable bonds is 2. The predicted molar refractivity (Wildman–Crippen MR) is 99.0 cm³/mol. The summed E-state index contributed by atoms with van der Waals surface area (Å²) < 4.78 is 0. The SMILES string of the molecule is Cc1ccc(C(=O)Nc2ccc3c(c2)C2(CCCCC2)C(=O)N3)cc1. The Kier molecular flexibility index (Phi) is 3.83. The fourth-order valence-corrected chi connectivity index (χ4v) is 4.05. The van der Waals surface area contributed by atoms with Crippen molar-refractivity contribution in [1.29, 1.82) is 0 Å². The number of carbonyl (C=O) groups excluding carboxylic acids is 2. The van der Waals surface area contributed by atoms with Crippen LogP contribution in [-0.4, -0.2) is 11.8 Å². The average Bonchev–Trinajstić information content (AvgIpc) is 2.88. The number of aryl methyl sites for hydroxylation is 1. The topological polar surface area (TPSA) is 58.2 Å². The van der Waals surface area contributed by atoms with E-state index >= 15 is 0 Å². The van der Waals surface area contributed by atoms with E-state index in [1.54, 1.807) is 0 Å². The first-order valence-corrected chi connectivity index (χ1v) is 8.92. The summed E-state index contributed by atoms with van der Waals surface area (Å²) in [5.74, 6) is -0.0147. The maximum Gasteiger partial charge on any atom is 0.255 e. The van der Waals surface area contributed by atoms with Gasteiger partial charge in [-0.15, -0.1) is 0 Å². The van der Waals surface area contributed by atoms with Crippen LogP contribution >= 0.6 is 0 Å². The van der Waals surface area contributed by atoms with Gasteiger partial charge in [-0.25, -0.2) is 0 Å². The van der Waals surface area contributed by atoms with Crippen molar-refractivity contribution in [2.45, 2.75) is 44.4 Å². The lowest BCUT2D eigenvalue weighted by molar-refractivity contribution is -0.121. The van der Waals surface area contributed by atoms with Crippen molar-refractivity contribution in [3.05, 3.63) is 59.2 Å². The van der Waals surface area contributed by atoms with E-state index in [4.69, 9.17) is 0 Å². The zero-order valence-corrected chi connectivity index (χ0v) is 14.4. The lowest BCUT2D eigenvalue weighted by Gasteiger charge is -2.31. The van der Waals surface area contributed by atoms with Gasteiger partial charge in [0.05, 0.1) is 5.41 Å². The van der Waals surface area contributed by atoms with Crippen molar-refractivity contribution in [1.82, 2.24) is 0 Å². The van der Waals surface area contributed by atoms with Crippen LogP contribution < -0.4 is 10.6 Å². The minimum atomic E-state index is -0.405. The second kappa shape index (κ2) is 6.03. The fraction of sp³-hybridized carbons (Fsp3) is 0.333. The Labute approximate surface area is 147 Å². The van der Waals surface area contributed by atoms with Gasteiger partial charge < -0.3 is 10.6 Å². The van der Waals surface area contributed by atoms with Crippen molar-refractivity contribution in [2.75, 3.05) is 10.6 Å². The molecular weight excluding hydrogens is 312 g/mol. The monoisotopic (exact) mass is 334 g/mol. The Morgan fingerprint density at radius 1 is 1.04 bits per heavy atom. The van der Waals surface area contributed by atoms with Crippen LogP contribution in [0.2, 0.25) is 0 Å². The Balaban J connectivity index is 1.62. The summed E-state index contributed by atoms with van der Waals surface area (Å²) in [6, 6.07) is 13.2. The summed E-state index contributed by atoms with van der Waals surface area (Å²) in [4.78, 5) is 25.1. The fourth-order valence-electron chi connectivity index (χ4n) is 4.05. The van der Waals surface area contributed by atoms with Crippen LogP contribution in [-0.2, 0) is 10.2 Å². The van der Waals surface area contributed by atoms with E-state index in [1.807, 2.05) is 49.4 Å². The molecule has 0 bridgehead atoms. The van der Waals surface area contributed by atoms with Gasteiger partial charge >= 0.3 is 0 Å². The summed E-state index contributed by atoms with van der Waals surface area (Å²) in [5.41, 5.74) is 4.02. The van der Waals surface area contributed by atoms with E-state index in [0.29, 0.717) is 5.56 Å². The van der Waals surface area contributed by atoms with Crippen LogP contribution in [0.3, 0.4) is 0 Å². The number of anilines is 2. The molecule has 1 aliphatic heterocycles. The van der Waals surface area contributed by atoms with Gasteiger partial charge in [0.1, 0.15) is 0 Å². The molecule has 0 aromatic heterocycles. The molecule has 0 saturated heterocycles. The molecule has 0 atom stereocenters. The van der Waals surface area contributed by atoms with Crippen LogP contribution in [0.5, 0.6) is 0 Å². The summed E-state index contributed by atoms with van der Waals surface area (Å²) in [7, 11) is 0. The normalized spacial score (nSPS) is 17.9. The Morgan fingerprint density at radius 2 is 1.76 bits per heavy atom. The molecule has 0 unspecified atom stereocenters. The third-order valence-corrected chi connectivity index (χ3v) is 5.50. The van der Waals surface area contributed by atoms with E-state index in [-0.39, 0.29) is 11.8 Å². The molecule has 4 rings (SSSR count). The summed E-state index contributed by atoms with van der Waals surface area (Å²) in [6.45, 7) is 2.00. The molecule has 1 aliphatic carbocycles. The standard InChI is InChI=1S/C21H22N2O2/c1-14-5-7-15(8-6-14)19(24)22-16-9-10-18-17(13-16)21(20(25)23-18)11-3-2-4-12-21/h5-10,13H,2-4,11-12H2,1H3,(H,22,24)(H,23,25). The lowest BCUT2D eigenvalue weighted by Crippen LogP contribution is -2.36. The van der Waals surface area contributed by atoms with Gasteiger partial charge in [-0.05, 0) is 55.7 Å². The summed E-state index contributed by atoms with van der Waals surface area (Å²) in [5, 5.41) is 5.99. The molecule has 1 fully saturated rings. The first-order valence-electron chi connectivity index (χ1n) is 8.92. The van der Waals surface area contributed by atoms with Gasteiger partial charge in [0.25, 0.3) is 5.91 Å². The van der Waals surface area contributed by atoms with Gasteiger partial charge in [0, 0.05) is 16.9 Å². The summed E-state index contributed by atoms with van der Waals surface area (Å²) in [6.07, 6.45) is 5.12. The van der Waals surface area contributed by atoms with E-state index in [1.165, 1.54) is 6.42 Å². The number of benzene rings is 2. The first kappa shape index (κ1) is 15.9. The number of amides is 2. The first-order chi connectivity index (χ1) is 12.1. The van der Waals surface area contributed by atoms with Crippen molar-refractivity contribution in [2.24, 2.45) is 0 Å². The minimum absolute atomic E-state index is 0.115. The quantitative estimate of drug-likeness (QED) is 0.855. The molecule has 25 heavy (non-hydrogen) atoms. The zero-order valence-electron chi connectivity index (χ0n) is 14.4. The number of nitrogens with one attached hydrogen (secondary N) is 2. The Bertz CT molecular complexity index is 833. The van der Waals surface area contributed by atoms with Crippen molar-refractivity contribution < 1.29 is 9.59 Å². The average molecular weight is 334 g/mol. The third-order valence-electron chi connectivity index (χ3n) is 5.50. The molecule has 4 nitrogen and oxygen atoms in total. The molecule has 2 aromatic rings. The molecule has 1 heterocycles. The van der Waals surface area contributed by atoms with Crippen LogP contribution in [0.1, 0.15) is 53.6 Å². The minimum Gasteiger partial charge on any atom is -0.325 e. The molecule has 1 spiro atoms. The molecule has 2 N–H and O–H groups in total. The van der Waals surface area contributed by atoms with Crippen LogP contribution in [0.4, 0.5) is 11.4 Å². The zero-order chi connectivity index (χ0) is 17.4. The predicted octanol–water partition coefficient (Wildman–Crippen LogP) is 4.40. The second-order valence-electron chi connectivity index (χ2n) is 7.18. The molecule has 4 heteroatoms. The highest BCUT2D eigenvalue weighted by molar-refractivity contribution is 6.08. The van der Waals surface area contributed by atoms with Crippen LogP contribution in [0, 0.1) is 6.92 Å². The molecule has 2 aromatic carbocycles. The maximum atomic E-state index is 12.6. The largest absolute Gasteiger partial charge is 0.325 e. The number of hydrogen-bond donors (Lipinski definition) is 2. The van der Waals surface area contributed by atoms with Gasteiger partial charge in [0.2, 0.25) is 5.91 Å². The highest BCUT2D eigenvalue weighted by Gasteiger charge is 2.47. The highest BCUT2D eigenvalue weighted by Crippen LogP contribution is 2.48. The maximum absolute atomic E-state index is 12.6. The van der Waals surface area contributed by atoms with E-state index in [0.717, 1.165) is 48.2 Å². The molecule has 1 saturated carbocycles. The number of fused-ring (bicyclic) bond motifs is 2. The number of carbonyl (C=O) groups is 2. The van der Waals surface area contributed by atoms with Crippen molar-refractivity contribution >= 4 is 23.2 Å². The number of hydrogen-bond acceptors (Lipinski definition) is 2. The third kappa shape index (κ3) is 2.72. The van der Waals surface area contributed by atoms with E-state index in [9.17, 15) is 9.59 Å². The molecular formula is C21H22N2O2. The molecule has 2 aliphatic rings. The molecule has 128 valence electrons. The van der Waals surface area contributed by atoms with Gasteiger partial charge in [0.15, 0.2) is 0 Å². The van der Waals surface area contributed by atoms with E-state index < -0.39 is 5.41 Å². The Hall–Kier alpha value is -2.62. The highest BCUT2D eigenvalue weighted by atomic mass is 16.2. The molecule has 0 radical (unpaired) electrons. The van der Waals surface area contributed by atoms with E-state index in [2.05, 4.69) is 10.6 Å². The Morgan fingerprint density at radius 3 is 2.48 bits per heavy atom. The van der Waals surface area contributed by atoms with Gasteiger partial charge in [-0.3, -0.25) is 9.59 Å². The van der Waals surface area contributed by atoms with Crippen LogP contribution in [0.15, 0.2) is 42.5 Å². The summed E-state index contributed by atoms with van der Waals surface area (Å²) >= 11 is 0. The lowest BCUT2D eigenvalue weighted by atomic mass is 9.70. The van der Waals surface area contributed by atoms with Crippen molar-refractivity contribution in [3.8, 4) is 0 Å². The van der Waals surface area contributed by atoms with Crippen LogP contribution in [0.25, 0.3) is 0 Å². The van der Waals surface area contributed by atoms with Gasteiger partial charge in [-0.2, -0.15) is 0 Å². The van der Waals surface area contributed by atoms with Gasteiger partial charge in [-0.1, -0.05) is 37.0 Å². The molecule has 2 amide bonds. The van der Waals surface area contributed by atoms with Crippen molar-refractivity contribution in [3.63, 3.8) is 0 Å².